The molecule has 1 N–H and O–H groups in total. The first-order valence-corrected chi connectivity index (χ1v) is 7.23. The van der Waals surface area contributed by atoms with E-state index in [2.05, 4.69) is 32.9 Å². The molecule has 0 saturated heterocycles. The molecule has 1 aliphatic carbocycles. The minimum atomic E-state index is -0.609. The molecular formula is C17H24O2. The second kappa shape index (κ2) is 5.36. The number of hydrogen-bond donors (Lipinski definition) is 1. The molecule has 0 heterocycles. The molecule has 19 heavy (non-hydrogen) atoms. The number of benzene rings is 1. The third-order valence-electron chi connectivity index (χ3n) is 4.84. The Kier molecular flexibility index (Phi) is 3.98. The van der Waals surface area contributed by atoms with Crippen molar-refractivity contribution < 1.29 is 9.90 Å². The summed E-state index contributed by atoms with van der Waals surface area (Å²) in [4.78, 5) is 11.8. The molecule has 2 heteroatoms. The molecule has 2 nitrogen and oxygen atoms in total. The van der Waals surface area contributed by atoms with Crippen LogP contribution in [-0.2, 0) is 11.2 Å². The van der Waals surface area contributed by atoms with Gasteiger partial charge in [0.05, 0.1) is 5.41 Å². The van der Waals surface area contributed by atoms with Gasteiger partial charge in [0.2, 0.25) is 0 Å². The highest BCUT2D eigenvalue weighted by Gasteiger charge is 2.41. The lowest BCUT2D eigenvalue weighted by molar-refractivity contribution is -0.151. The third-order valence-corrected chi connectivity index (χ3v) is 4.84. The molecule has 0 spiro atoms. The predicted octanol–water partition coefficient (Wildman–Crippen LogP) is 4.13. The monoisotopic (exact) mass is 260 g/mol. The van der Waals surface area contributed by atoms with E-state index < -0.39 is 11.4 Å². The molecule has 0 aliphatic heterocycles. The van der Waals surface area contributed by atoms with Crippen molar-refractivity contribution in [1.29, 1.82) is 0 Å². The summed E-state index contributed by atoms with van der Waals surface area (Å²) < 4.78 is 0. The van der Waals surface area contributed by atoms with Crippen LogP contribution in [0.1, 0.15) is 49.3 Å². The average Bonchev–Trinajstić information content (AvgIpc) is 2.36. The fraction of sp³-hybridized carbons (Fsp3) is 0.588. The molecule has 0 amide bonds. The Labute approximate surface area is 115 Å². The first-order chi connectivity index (χ1) is 8.94. The van der Waals surface area contributed by atoms with Gasteiger partial charge >= 0.3 is 5.97 Å². The zero-order valence-electron chi connectivity index (χ0n) is 12.2. The first kappa shape index (κ1) is 14.1. The molecule has 0 unspecified atom stereocenters. The van der Waals surface area contributed by atoms with E-state index in [9.17, 15) is 9.90 Å². The lowest BCUT2D eigenvalue weighted by Gasteiger charge is -2.36. The van der Waals surface area contributed by atoms with Crippen molar-refractivity contribution in [3.8, 4) is 0 Å². The maximum atomic E-state index is 11.8. The first-order valence-electron chi connectivity index (χ1n) is 7.23. The van der Waals surface area contributed by atoms with E-state index in [1.165, 1.54) is 16.7 Å². The van der Waals surface area contributed by atoms with Gasteiger partial charge in [-0.05, 0) is 68.6 Å². The van der Waals surface area contributed by atoms with Gasteiger partial charge in [-0.2, -0.15) is 0 Å². The molecule has 1 aliphatic rings. The lowest BCUT2D eigenvalue weighted by atomic mass is 9.67. The van der Waals surface area contributed by atoms with Crippen LogP contribution in [0.15, 0.2) is 18.2 Å². The molecule has 0 aromatic heterocycles. The van der Waals surface area contributed by atoms with E-state index in [0.717, 1.165) is 25.7 Å². The molecule has 0 radical (unpaired) electrons. The van der Waals surface area contributed by atoms with Crippen LogP contribution in [0.3, 0.4) is 0 Å². The molecule has 1 saturated carbocycles. The Morgan fingerprint density at radius 3 is 2.26 bits per heavy atom. The molecule has 1 aromatic rings. The number of aliphatic carboxylic acids is 1. The van der Waals surface area contributed by atoms with E-state index in [-0.39, 0.29) is 0 Å². The molecule has 0 atom stereocenters. The average molecular weight is 260 g/mol. The third kappa shape index (κ3) is 2.83. The molecule has 1 fully saturated rings. The van der Waals surface area contributed by atoms with Crippen molar-refractivity contribution in [2.45, 2.75) is 52.9 Å². The van der Waals surface area contributed by atoms with Gasteiger partial charge in [-0.25, -0.2) is 0 Å². The van der Waals surface area contributed by atoms with Gasteiger partial charge in [0.15, 0.2) is 0 Å². The van der Waals surface area contributed by atoms with Gasteiger partial charge in [0.25, 0.3) is 0 Å². The van der Waals surface area contributed by atoms with Crippen molar-refractivity contribution in [1.82, 2.24) is 0 Å². The van der Waals surface area contributed by atoms with Crippen molar-refractivity contribution in [3.63, 3.8) is 0 Å². The van der Waals surface area contributed by atoms with E-state index in [4.69, 9.17) is 0 Å². The van der Waals surface area contributed by atoms with E-state index in [1.807, 2.05) is 6.07 Å². The van der Waals surface area contributed by atoms with Gasteiger partial charge in [0.1, 0.15) is 0 Å². The molecule has 104 valence electrons. The molecule has 0 bridgehead atoms. The van der Waals surface area contributed by atoms with Crippen LogP contribution in [0.4, 0.5) is 0 Å². The van der Waals surface area contributed by atoms with Crippen molar-refractivity contribution in [2.75, 3.05) is 0 Å². The maximum absolute atomic E-state index is 11.8. The molecular weight excluding hydrogens is 236 g/mol. The standard InChI is InChI=1S/C17H24O2/c1-12-7-9-17(10-8-12,16(18)19)11-15-13(2)5-4-6-14(15)3/h4-6,12H,7-11H2,1-3H3,(H,18,19). The number of hydrogen-bond acceptors (Lipinski definition) is 1. The quantitative estimate of drug-likeness (QED) is 0.887. The van der Waals surface area contributed by atoms with Crippen LogP contribution < -0.4 is 0 Å². The largest absolute Gasteiger partial charge is 0.481 e. The highest BCUT2D eigenvalue weighted by atomic mass is 16.4. The van der Waals surface area contributed by atoms with Crippen LogP contribution in [-0.4, -0.2) is 11.1 Å². The molecule has 2 rings (SSSR count). The summed E-state index contributed by atoms with van der Waals surface area (Å²) in [6.07, 6.45) is 4.40. The highest BCUT2D eigenvalue weighted by Crippen LogP contribution is 2.42. The SMILES string of the molecule is Cc1cccc(C)c1CC1(C(=O)O)CCC(C)CC1. The minimum absolute atomic E-state index is 0.538. The van der Waals surface area contributed by atoms with E-state index in [1.54, 1.807) is 0 Å². The fourth-order valence-electron chi connectivity index (χ4n) is 3.25. The van der Waals surface area contributed by atoms with Crippen molar-refractivity contribution in [3.05, 3.63) is 34.9 Å². The summed E-state index contributed by atoms with van der Waals surface area (Å²) >= 11 is 0. The van der Waals surface area contributed by atoms with Gasteiger partial charge in [0, 0.05) is 0 Å². The van der Waals surface area contributed by atoms with Crippen LogP contribution >= 0.6 is 0 Å². The summed E-state index contributed by atoms with van der Waals surface area (Å²) in [5.41, 5.74) is 3.14. The smallest absolute Gasteiger partial charge is 0.309 e. The minimum Gasteiger partial charge on any atom is -0.481 e. The van der Waals surface area contributed by atoms with Gasteiger partial charge in [-0.1, -0.05) is 25.1 Å². The normalized spacial score (nSPS) is 27.2. The van der Waals surface area contributed by atoms with Crippen LogP contribution in [0, 0.1) is 25.2 Å². The van der Waals surface area contributed by atoms with Gasteiger partial charge in [-0.15, -0.1) is 0 Å². The number of carboxylic acids is 1. The highest BCUT2D eigenvalue weighted by molar-refractivity contribution is 5.75. The van der Waals surface area contributed by atoms with E-state index >= 15 is 0 Å². The second-order valence-electron chi connectivity index (χ2n) is 6.32. The summed E-state index contributed by atoms with van der Waals surface area (Å²) in [6.45, 7) is 6.40. The lowest BCUT2D eigenvalue weighted by Crippen LogP contribution is -2.37. The Morgan fingerprint density at radius 1 is 1.26 bits per heavy atom. The Morgan fingerprint density at radius 2 is 1.79 bits per heavy atom. The number of carbonyl (C=O) groups is 1. The van der Waals surface area contributed by atoms with Crippen LogP contribution in [0.2, 0.25) is 0 Å². The van der Waals surface area contributed by atoms with Crippen molar-refractivity contribution >= 4 is 5.97 Å². The number of aryl methyl sites for hydroxylation is 2. The molecule has 1 aromatic carbocycles. The van der Waals surface area contributed by atoms with Crippen molar-refractivity contribution in [2.24, 2.45) is 11.3 Å². The van der Waals surface area contributed by atoms with Crippen LogP contribution in [0.5, 0.6) is 0 Å². The Bertz CT molecular complexity index is 448. The van der Waals surface area contributed by atoms with Crippen LogP contribution in [0.25, 0.3) is 0 Å². The zero-order chi connectivity index (χ0) is 14.0. The summed E-state index contributed by atoms with van der Waals surface area (Å²) in [6, 6.07) is 6.22. The number of rotatable bonds is 3. The van der Waals surface area contributed by atoms with Gasteiger partial charge in [-0.3, -0.25) is 4.79 Å². The zero-order valence-corrected chi connectivity index (χ0v) is 12.2. The fourth-order valence-corrected chi connectivity index (χ4v) is 3.25. The Balaban J connectivity index is 2.29. The topological polar surface area (TPSA) is 37.3 Å². The van der Waals surface area contributed by atoms with Gasteiger partial charge < -0.3 is 5.11 Å². The summed E-state index contributed by atoms with van der Waals surface area (Å²) in [7, 11) is 0. The second-order valence-corrected chi connectivity index (χ2v) is 6.32. The number of carboxylic acid groups (broad SMARTS) is 1. The predicted molar refractivity (Wildman–Crippen MR) is 77.3 cm³/mol. The van der Waals surface area contributed by atoms with E-state index in [0.29, 0.717) is 12.3 Å². The summed E-state index contributed by atoms with van der Waals surface area (Å²) in [5.74, 6) is 0.0625. The Hall–Kier alpha value is -1.31. The summed E-state index contributed by atoms with van der Waals surface area (Å²) in [5, 5.41) is 9.72. The maximum Gasteiger partial charge on any atom is 0.309 e.